The van der Waals surface area contributed by atoms with E-state index < -0.39 is 0 Å². The van der Waals surface area contributed by atoms with Gasteiger partial charge in [0, 0.05) is 18.7 Å². The number of aromatic nitrogens is 2. The van der Waals surface area contributed by atoms with E-state index >= 15 is 0 Å². The first-order valence-corrected chi connectivity index (χ1v) is 8.21. The number of hydrogen-bond donors (Lipinski definition) is 1. The molecule has 2 rings (SSSR count). The lowest BCUT2D eigenvalue weighted by molar-refractivity contribution is 0.110. The largest absolute Gasteiger partial charge is 0.392 e. The van der Waals surface area contributed by atoms with Crippen LogP contribution in [0.3, 0.4) is 0 Å². The van der Waals surface area contributed by atoms with Gasteiger partial charge in [-0.1, -0.05) is 6.92 Å². The van der Waals surface area contributed by atoms with Crippen molar-refractivity contribution in [2.45, 2.75) is 52.2 Å². The number of aliphatic hydroxyl groups excluding tert-OH is 1. The first-order valence-electron chi connectivity index (χ1n) is 7.06. The van der Waals surface area contributed by atoms with Crippen molar-refractivity contribution in [1.82, 2.24) is 9.78 Å². The number of aryl methyl sites for hydroxylation is 2. The SMILES string of the molecule is CCc1cc(CC(O)C2CCCSC2)n(CC)n1. The molecule has 0 bridgehead atoms. The van der Waals surface area contributed by atoms with Crippen LogP contribution in [0.4, 0.5) is 0 Å². The molecule has 0 radical (unpaired) electrons. The summed E-state index contributed by atoms with van der Waals surface area (Å²) in [5, 5.41) is 14.9. The Labute approximate surface area is 114 Å². The second-order valence-electron chi connectivity index (χ2n) is 5.05. The Morgan fingerprint density at radius 3 is 3.00 bits per heavy atom. The van der Waals surface area contributed by atoms with E-state index in [2.05, 4.69) is 25.0 Å². The summed E-state index contributed by atoms with van der Waals surface area (Å²) >= 11 is 1.98. The van der Waals surface area contributed by atoms with Gasteiger partial charge in [0.15, 0.2) is 0 Å². The Morgan fingerprint density at radius 2 is 2.39 bits per heavy atom. The Morgan fingerprint density at radius 1 is 1.56 bits per heavy atom. The summed E-state index contributed by atoms with van der Waals surface area (Å²) in [6.07, 6.45) is 3.94. The average molecular weight is 268 g/mol. The van der Waals surface area contributed by atoms with Gasteiger partial charge in [0.2, 0.25) is 0 Å². The molecule has 1 fully saturated rings. The lowest BCUT2D eigenvalue weighted by Gasteiger charge is -2.26. The molecule has 1 aromatic rings. The van der Waals surface area contributed by atoms with Gasteiger partial charge in [-0.25, -0.2) is 0 Å². The molecule has 0 aromatic carbocycles. The van der Waals surface area contributed by atoms with E-state index in [1.807, 2.05) is 16.4 Å². The van der Waals surface area contributed by atoms with Crippen LogP contribution in [0, 0.1) is 5.92 Å². The van der Waals surface area contributed by atoms with Crippen LogP contribution in [-0.2, 0) is 19.4 Å². The van der Waals surface area contributed by atoms with Crippen molar-refractivity contribution < 1.29 is 5.11 Å². The van der Waals surface area contributed by atoms with Crippen LogP contribution in [0.2, 0.25) is 0 Å². The summed E-state index contributed by atoms with van der Waals surface area (Å²) in [6, 6.07) is 2.16. The lowest BCUT2D eigenvalue weighted by Crippen LogP contribution is -2.28. The Kier molecular flexibility index (Phi) is 5.13. The van der Waals surface area contributed by atoms with Crippen molar-refractivity contribution in [3.8, 4) is 0 Å². The topological polar surface area (TPSA) is 38.0 Å². The van der Waals surface area contributed by atoms with Crippen LogP contribution in [0.1, 0.15) is 38.1 Å². The van der Waals surface area contributed by atoms with E-state index in [4.69, 9.17) is 0 Å². The fraction of sp³-hybridized carbons (Fsp3) is 0.786. The summed E-state index contributed by atoms with van der Waals surface area (Å²) < 4.78 is 2.04. The molecule has 1 aromatic heterocycles. The molecular weight excluding hydrogens is 244 g/mol. The quantitative estimate of drug-likeness (QED) is 0.891. The van der Waals surface area contributed by atoms with Gasteiger partial charge in [-0.05, 0) is 49.7 Å². The van der Waals surface area contributed by atoms with Crippen LogP contribution in [0.5, 0.6) is 0 Å². The van der Waals surface area contributed by atoms with Crippen molar-refractivity contribution in [2.75, 3.05) is 11.5 Å². The third kappa shape index (κ3) is 3.29. The van der Waals surface area contributed by atoms with Gasteiger partial charge in [0.1, 0.15) is 0 Å². The number of aliphatic hydroxyl groups is 1. The maximum Gasteiger partial charge on any atom is 0.0631 e. The summed E-state index contributed by atoms with van der Waals surface area (Å²) in [5.74, 6) is 2.84. The Balaban J connectivity index is 2.00. The number of thioether (sulfide) groups is 1. The highest BCUT2D eigenvalue weighted by Crippen LogP contribution is 2.26. The molecule has 1 aliphatic rings. The molecule has 18 heavy (non-hydrogen) atoms. The number of rotatable bonds is 5. The zero-order chi connectivity index (χ0) is 13.0. The highest BCUT2D eigenvalue weighted by molar-refractivity contribution is 7.99. The van der Waals surface area contributed by atoms with E-state index in [1.165, 1.54) is 24.3 Å². The number of hydrogen-bond acceptors (Lipinski definition) is 3. The molecule has 0 amide bonds. The van der Waals surface area contributed by atoms with Crippen molar-refractivity contribution in [1.29, 1.82) is 0 Å². The van der Waals surface area contributed by atoms with Crippen LogP contribution in [-0.4, -0.2) is 32.5 Å². The summed E-state index contributed by atoms with van der Waals surface area (Å²) in [7, 11) is 0. The maximum atomic E-state index is 10.4. The fourth-order valence-corrected chi connectivity index (χ4v) is 3.80. The molecule has 102 valence electrons. The Hall–Kier alpha value is -0.480. The molecule has 4 heteroatoms. The summed E-state index contributed by atoms with van der Waals surface area (Å²) in [5.41, 5.74) is 2.33. The molecule has 2 unspecified atom stereocenters. The van der Waals surface area contributed by atoms with Crippen LogP contribution in [0.25, 0.3) is 0 Å². The maximum absolute atomic E-state index is 10.4. The van der Waals surface area contributed by atoms with E-state index in [9.17, 15) is 5.11 Å². The van der Waals surface area contributed by atoms with Gasteiger partial charge in [0.25, 0.3) is 0 Å². The molecule has 2 heterocycles. The van der Waals surface area contributed by atoms with Crippen LogP contribution >= 0.6 is 11.8 Å². The van der Waals surface area contributed by atoms with E-state index in [-0.39, 0.29) is 6.10 Å². The summed E-state index contributed by atoms with van der Waals surface area (Å²) in [6.45, 7) is 5.13. The molecule has 2 atom stereocenters. The van der Waals surface area contributed by atoms with Crippen LogP contribution in [0.15, 0.2) is 6.07 Å². The third-order valence-corrected chi connectivity index (χ3v) is 4.97. The minimum absolute atomic E-state index is 0.204. The minimum atomic E-state index is -0.204. The molecule has 3 nitrogen and oxygen atoms in total. The number of nitrogens with zero attached hydrogens (tertiary/aromatic N) is 2. The fourth-order valence-electron chi connectivity index (χ4n) is 2.58. The molecule has 0 saturated carbocycles. The first kappa shape index (κ1) is 13.9. The average Bonchev–Trinajstić information content (AvgIpc) is 2.82. The van der Waals surface area contributed by atoms with Gasteiger partial charge in [0.05, 0.1) is 11.8 Å². The minimum Gasteiger partial charge on any atom is -0.392 e. The smallest absolute Gasteiger partial charge is 0.0631 e. The molecule has 1 saturated heterocycles. The molecule has 0 spiro atoms. The molecule has 0 aliphatic carbocycles. The summed E-state index contributed by atoms with van der Waals surface area (Å²) in [4.78, 5) is 0. The molecule has 1 N–H and O–H groups in total. The highest BCUT2D eigenvalue weighted by Gasteiger charge is 2.23. The molecular formula is C14H24N2OS. The lowest BCUT2D eigenvalue weighted by atomic mass is 9.95. The van der Waals surface area contributed by atoms with Crippen molar-refractivity contribution >= 4 is 11.8 Å². The highest BCUT2D eigenvalue weighted by atomic mass is 32.2. The van der Waals surface area contributed by atoms with E-state index in [0.717, 1.165) is 30.8 Å². The zero-order valence-corrected chi connectivity index (χ0v) is 12.2. The van der Waals surface area contributed by atoms with E-state index in [1.54, 1.807) is 0 Å². The van der Waals surface area contributed by atoms with E-state index in [0.29, 0.717) is 5.92 Å². The Bertz CT molecular complexity index is 372. The predicted molar refractivity (Wildman–Crippen MR) is 77.0 cm³/mol. The van der Waals surface area contributed by atoms with Gasteiger partial charge >= 0.3 is 0 Å². The van der Waals surface area contributed by atoms with Gasteiger partial charge in [-0.2, -0.15) is 16.9 Å². The second kappa shape index (κ2) is 6.62. The van der Waals surface area contributed by atoms with Crippen molar-refractivity contribution in [2.24, 2.45) is 5.92 Å². The monoisotopic (exact) mass is 268 g/mol. The van der Waals surface area contributed by atoms with Gasteiger partial charge in [-0.15, -0.1) is 0 Å². The van der Waals surface area contributed by atoms with Crippen molar-refractivity contribution in [3.05, 3.63) is 17.5 Å². The predicted octanol–water partition coefficient (Wildman–Crippen LogP) is 2.51. The zero-order valence-electron chi connectivity index (χ0n) is 11.4. The van der Waals surface area contributed by atoms with Crippen molar-refractivity contribution in [3.63, 3.8) is 0 Å². The third-order valence-electron chi connectivity index (χ3n) is 3.73. The first-order chi connectivity index (χ1) is 8.74. The van der Waals surface area contributed by atoms with Gasteiger partial charge in [-0.3, -0.25) is 4.68 Å². The van der Waals surface area contributed by atoms with Gasteiger partial charge < -0.3 is 5.11 Å². The molecule has 1 aliphatic heterocycles. The standard InChI is InChI=1S/C14H24N2OS/c1-3-12-8-13(16(4-2)15-12)9-14(17)11-6-5-7-18-10-11/h8,11,14,17H,3-7,9-10H2,1-2H3. The van der Waals surface area contributed by atoms with Crippen LogP contribution < -0.4 is 0 Å². The second-order valence-corrected chi connectivity index (χ2v) is 6.19. The normalized spacial score (nSPS) is 22.1.